The third kappa shape index (κ3) is 2.98. The molecule has 0 radical (unpaired) electrons. The van der Waals surface area contributed by atoms with Crippen molar-refractivity contribution in [1.82, 2.24) is 4.57 Å². The van der Waals surface area contributed by atoms with Gasteiger partial charge in [0.1, 0.15) is 0 Å². The highest BCUT2D eigenvalue weighted by molar-refractivity contribution is 5.25. The molecule has 2 rings (SSSR count). The fraction of sp³-hybridized carbons (Fsp3) is 0.333. The molecule has 90 valence electrons. The summed E-state index contributed by atoms with van der Waals surface area (Å²) in [4.78, 5) is 0. The zero-order valence-electron chi connectivity index (χ0n) is 10.4. The van der Waals surface area contributed by atoms with Crippen LogP contribution in [-0.2, 0) is 13.2 Å². The monoisotopic (exact) mass is 229 g/mol. The van der Waals surface area contributed by atoms with E-state index in [1.54, 1.807) is 0 Å². The quantitative estimate of drug-likeness (QED) is 0.856. The highest BCUT2D eigenvalue weighted by Gasteiger charge is 2.00. The molecule has 0 saturated heterocycles. The summed E-state index contributed by atoms with van der Waals surface area (Å²) in [5, 5.41) is 9.00. The predicted octanol–water partition coefficient (Wildman–Crippen LogP) is 3.15. The molecule has 0 amide bonds. The Bertz CT molecular complexity index is 468. The molecule has 0 aliphatic heterocycles. The van der Waals surface area contributed by atoms with Crippen molar-refractivity contribution in [3.05, 3.63) is 59.4 Å². The molecule has 2 aromatic rings. The van der Waals surface area contributed by atoms with Crippen molar-refractivity contribution >= 4 is 0 Å². The Labute approximate surface area is 103 Å². The minimum Gasteiger partial charge on any atom is -0.392 e. The maximum atomic E-state index is 9.00. The molecule has 1 N–H and O–H groups in total. The summed E-state index contributed by atoms with van der Waals surface area (Å²) in [5.41, 5.74) is 3.62. The second kappa shape index (κ2) is 5.19. The second-order valence-electron chi connectivity index (χ2n) is 4.75. The van der Waals surface area contributed by atoms with E-state index >= 15 is 0 Å². The number of nitrogens with zero attached hydrogens (tertiary/aromatic N) is 1. The van der Waals surface area contributed by atoms with Gasteiger partial charge in [0.05, 0.1) is 6.61 Å². The van der Waals surface area contributed by atoms with Gasteiger partial charge in [0.25, 0.3) is 0 Å². The third-order valence-corrected chi connectivity index (χ3v) is 3.01. The Morgan fingerprint density at radius 3 is 2.29 bits per heavy atom. The number of rotatable bonds is 4. The number of aromatic nitrogens is 1. The molecule has 0 fully saturated rings. The van der Waals surface area contributed by atoms with Crippen LogP contribution in [0.5, 0.6) is 0 Å². The Hall–Kier alpha value is -1.54. The van der Waals surface area contributed by atoms with Crippen molar-refractivity contribution in [2.24, 2.45) is 0 Å². The number of aliphatic hydroxyl groups is 1. The summed E-state index contributed by atoms with van der Waals surface area (Å²) >= 11 is 0. The zero-order valence-corrected chi connectivity index (χ0v) is 10.4. The van der Waals surface area contributed by atoms with E-state index in [9.17, 15) is 0 Å². The molecule has 17 heavy (non-hydrogen) atoms. The van der Waals surface area contributed by atoms with Crippen LogP contribution in [0, 0.1) is 0 Å². The van der Waals surface area contributed by atoms with Gasteiger partial charge in [0, 0.05) is 18.9 Å². The van der Waals surface area contributed by atoms with Gasteiger partial charge in [0.15, 0.2) is 0 Å². The first kappa shape index (κ1) is 11.9. The Balaban J connectivity index is 2.08. The predicted molar refractivity (Wildman–Crippen MR) is 70.0 cm³/mol. The minimum absolute atomic E-state index is 0.110. The van der Waals surface area contributed by atoms with Crippen LogP contribution in [-0.4, -0.2) is 9.67 Å². The molecule has 2 heteroatoms. The number of hydrogen-bond acceptors (Lipinski definition) is 1. The number of benzene rings is 1. The Morgan fingerprint density at radius 2 is 1.76 bits per heavy atom. The Kier molecular flexibility index (Phi) is 3.64. The standard InChI is InChI=1S/C15H19NO/c1-12(2)15-5-3-13(4-6-15)9-16-8-7-14(10-16)11-17/h3-8,10,12,17H,9,11H2,1-2H3. The molecule has 1 aromatic heterocycles. The summed E-state index contributed by atoms with van der Waals surface area (Å²) in [6, 6.07) is 10.7. The van der Waals surface area contributed by atoms with E-state index in [2.05, 4.69) is 42.7 Å². The lowest BCUT2D eigenvalue weighted by Gasteiger charge is -2.07. The lowest BCUT2D eigenvalue weighted by Crippen LogP contribution is -1.97. The average Bonchev–Trinajstić information content (AvgIpc) is 2.77. The summed E-state index contributed by atoms with van der Waals surface area (Å²) in [6.45, 7) is 5.38. The Morgan fingerprint density at radius 1 is 1.06 bits per heavy atom. The zero-order chi connectivity index (χ0) is 12.3. The van der Waals surface area contributed by atoms with Gasteiger partial charge in [-0.05, 0) is 28.7 Å². The molecule has 0 saturated carbocycles. The first-order chi connectivity index (χ1) is 8.19. The van der Waals surface area contributed by atoms with Gasteiger partial charge in [-0.25, -0.2) is 0 Å². The first-order valence-electron chi connectivity index (χ1n) is 6.03. The lowest BCUT2D eigenvalue weighted by molar-refractivity contribution is 0.282. The largest absolute Gasteiger partial charge is 0.392 e. The first-order valence-corrected chi connectivity index (χ1v) is 6.03. The van der Waals surface area contributed by atoms with Crippen molar-refractivity contribution in [2.75, 3.05) is 0 Å². The molecule has 0 bridgehead atoms. The fourth-order valence-electron chi connectivity index (χ4n) is 1.90. The van der Waals surface area contributed by atoms with Crippen LogP contribution in [0.1, 0.15) is 36.5 Å². The summed E-state index contributed by atoms with van der Waals surface area (Å²) in [6.07, 6.45) is 3.98. The van der Waals surface area contributed by atoms with Crippen LogP contribution in [0.25, 0.3) is 0 Å². The molecule has 0 aliphatic rings. The van der Waals surface area contributed by atoms with E-state index in [1.165, 1.54) is 11.1 Å². The summed E-state index contributed by atoms with van der Waals surface area (Å²) < 4.78 is 2.09. The van der Waals surface area contributed by atoms with Crippen LogP contribution in [0.3, 0.4) is 0 Å². The summed E-state index contributed by atoms with van der Waals surface area (Å²) in [7, 11) is 0. The molecule has 0 spiro atoms. The number of hydrogen-bond donors (Lipinski definition) is 1. The molecule has 0 atom stereocenters. The van der Waals surface area contributed by atoms with Crippen molar-refractivity contribution in [3.63, 3.8) is 0 Å². The maximum absolute atomic E-state index is 9.00. The third-order valence-electron chi connectivity index (χ3n) is 3.01. The van der Waals surface area contributed by atoms with Crippen molar-refractivity contribution in [3.8, 4) is 0 Å². The summed E-state index contributed by atoms with van der Waals surface area (Å²) in [5.74, 6) is 0.580. The highest BCUT2D eigenvalue weighted by atomic mass is 16.3. The molecule has 0 aliphatic carbocycles. The lowest BCUT2D eigenvalue weighted by atomic mass is 10.0. The topological polar surface area (TPSA) is 25.2 Å². The van der Waals surface area contributed by atoms with E-state index in [-0.39, 0.29) is 6.61 Å². The van der Waals surface area contributed by atoms with Gasteiger partial charge in [-0.3, -0.25) is 0 Å². The SMILES string of the molecule is CC(C)c1ccc(Cn2ccc(CO)c2)cc1. The average molecular weight is 229 g/mol. The van der Waals surface area contributed by atoms with Crippen molar-refractivity contribution < 1.29 is 5.11 Å². The van der Waals surface area contributed by atoms with Crippen LogP contribution in [0.4, 0.5) is 0 Å². The maximum Gasteiger partial charge on any atom is 0.0696 e. The second-order valence-corrected chi connectivity index (χ2v) is 4.75. The molecule has 0 unspecified atom stereocenters. The van der Waals surface area contributed by atoms with Gasteiger partial charge in [-0.1, -0.05) is 38.1 Å². The van der Waals surface area contributed by atoms with Crippen molar-refractivity contribution in [1.29, 1.82) is 0 Å². The molecule has 2 nitrogen and oxygen atoms in total. The van der Waals surface area contributed by atoms with Crippen LogP contribution < -0.4 is 0 Å². The minimum atomic E-state index is 0.110. The van der Waals surface area contributed by atoms with E-state index in [0.29, 0.717) is 5.92 Å². The van der Waals surface area contributed by atoms with Gasteiger partial charge in [0.2, 0.25) is 0 Å². The van der Waals surface area contributed by atoms with Crippen LogP contribution in [0.2, 0.25) is 0 Å². The normalized spacial score (nSPS) is 11.1. The molecular weight excluding hydrogens is 210 g/mol. The van der Waals surface area contributed by atoms with E-state index in [4.69, 9.17) is 5.11 Å². The van der Waals surface area contributed by atoms with Crippen LogP contribution >= 0.6 is 0 Å². The smallest absolute Gasteiger partial charge is 0.0696 e. The van der Waals surface area contributed by atoms with Gasteiger partial charge < -0.3 is 9.67 Å². The van der Waals surface area contributed by atoms with Gasteiger partial charge in [-0.2, -0.15) is 0 Å². The van der Waals surface area contributed by atoms with Crippen molar-refractivity contribution in [2.45, 2.75) is 32.9 Å². The van der Waals surface area contributed by atoms with Crippen LogP contribution in [0.15, 0.2) is 42.7 Å². The fourth-order valence-corrected chi connectivity index (χ4v) is 1.90. The number of aliphatic hydroxyl groups excluding tert-OH is 1. The molecule has 1 heterocycles. The van der Waals surface area contributed by atoms with Gasteiger partial charge >= 0.3 is 0 Å². The van der Waals surface area contributed by atoms with Gasteiger partial charge in [-0.15, -0.1) is 0 Å². The van der Waals surface area contributed by atoms with E-state index in [1.807, 2.05) is 18.5 Å². The highest BCUT2D eigenvalue weighted by Crippen LogP contribution is 2.15. The van der Waals surface area contributed by atoms with E-state index in [0.717, 1.165) is 12.1 Å². The van der Waals surface area contributed by atoms with E-state index < -0.39 is 0 Å². The molecule has 1 aromatic carbocycles. The molecular formula is C15H19NO.